The summed E-state index contributed by atoms with van der Waals surface area (Å²) in [4.78, 5) is 43.4. The molecule has 3 heterocycles. The largest absolute Gasteiger partial charge is 0.332 e. The lowest BCUT2D eigenvalue weighted by Crippen LogP contribution is -2.41. The number of hydrogen-bond acceptors (Lipinski definition) is 4. The van der Waals surface area contributed by atoms with Crippen molar-refractivity contribution in [1.29, 1.82) is 0 Å². The molecule has 5 aromatic rings. The van der Waals surface area contributed by atoms with Crippen LogP contribution in [0.5, 0.6) is 0 Å². The average Bonchev–Trinajstić information content (AvgIpc) is 3.31. The van der Waals surface area contributed by atoms with Gasteiger partial charge < -0.3 is 0 Å². The SMILES string of the molecule is Cc1cn2c3c(=O)n(CC(=O)c4ccccc4)c(=O)n(C)c3nc2n1-c1ccccc1F. The molecule has 0 aliphatic heterocycles. The maximum Gasteiger partial charge on any atom is 0.332 e. The number of carbonyl (C=O) groups excluding carboxylic acids is 1. The van der Waals surface area contributed by atoms with E-state index in [0.717, 1.165) is 4.57 Å². The number of benzene rings is 2. The molecule has 0 atom stereocenters. The second-order valence-electron chi connectivity index (χ2n) is 7.53. The normalized spacial score (nSPS) is 11.5. The molecule has 8 nitrogen and oxygen atoms in total. The van der Waals surface area contributed by atoms with E-state index in [0.29, 0.717) is 17.0 Å². The topological polar surface area (TPSA) is 83.3 Å². The quantitative estimate of drug-likeness (QED) is 0.410. The van der Waals surface area contributed by atoms with Crippen LogP contribution in [0.4, 0.5) is 4.39 Å². The number of imidazole rings is 2. The van der Waals surface area contributed by atoms with Crippen LogP contribution in [0.3, 0.4) is 0 Å². The fraction of sp³-hybridized carbons (Fsp3) is 0.130. The summed E-state index contributed by atoms with van der Waals surface area (Å²) in [6.07, 6.45) is 1.66. The van der Waals surface area contributed by atoms with E-state index < -0.39 is 23.6 Å². The van der Waals surface area contributed by atoms with Gasteiger partial charge in [-0.3, -0.25) is 27.7 Å². The molecule has 0 aliphatic carbocycles. The van der Waals surface area contributed by atoms with Gasteiger partial charge in [0.15, 0.2) is 16.9 Å². The standard InChI is InChI=1S/C23H18FN5O3/c1-14-12-27-19-20(25-22(27)29(14)17-11-7-6-10-16(17)24)26(2)23(32)28(21(19)31)13-18(30)15-8-4-3-5-9-15/h3-12H,13H2,1-2H3. The summed E-state index contributed by atoms with van der Waals surface area (Å²) in [6, 6.07) is 14.7. The van der Waals surface area contributed by atoms with Gasteiger partial charge >= 0.3 is 5.69 Å². The highest BCUT2D eigenvalue weighted by Crippen LogP contribution is 2.22. The number of ketones is 1. The Bertz CT molecular complexity index is 1640. The second kappa shape index (κ2) is 7.16. The number of rotatable bonds is 4. The zero-order valence-corrected chi connectivity index (χ0v) is 17.3. The molecule has 3 aromatic heterocycles. The molecule has 5 rings (SSSR count). The number of nitrogens with zero attached hydrogens (tertiary/aromatic N) is 5. The lowest BCUT2D eigenvalue weighted by atomic mass is 10.1. The minimum absolute atomic E-state index is 0.140. The molecular formula is C23H18FN5O3. The van der Waals surface area contributed by atoms with E-state index >= 15 is 0 Å². The first kappa shape index (κ1) is 19.7. The smallest absolute Gasteiger partial charge is 0.292 e. The molecule has 160 valence electrons. The van der Waals surface area contributed by atoms with Crippen molar-refractivity contribution in [1.82, 2.24) is 23.1 Å². The number of aromatic nitrogens is 5. The maximum absolute atomic E-state index is 14.5. The third-order valence-corrected chi connectivity index (χ3v) is 5.52. The molecule has 32 heavy (non-hydrogen) atoms. The van der Waals surface area contributed by atoms with E-state index in [1.165, 1.54) is 22.1 Å². The third-order valence-electron chi connectivity index (χ3n) is 5.52. The highest BCUT2D eigenvalue weighted by atomic mass is 19.1. The van der Waals surface area contributed by atoms with Gasteiger partial charge in [0.1, 0.15) is 5.82 Å². The minimum atomic E-state index is -0.651. The summed E-state index contributed by atoms with van der Waals surface area (Å²) in [5.74, 6) is -0.507. The molecule has 0 aliphatic rings. The van der Waals surface area contributed by atoms with Crippen molar-refractivity contribution in [3.63, 3.8) is 0 Å². The summed E-state index contributed by atoms with van der Waals surface area (Å²) in [5, 5.41) is 0. The molecular weight excluding hydrogens is 413 g/mol. The molecule has 0 bridgehead atoms. The number of carbonyl (C=O) groups is 1. The molecule has 0 fully saturated rings. The van der Waals surface area contributed by atoms with Gasteiger partial charge in [-0.1, -0.05) is 42.5 Å². The monoisotopic (exact) mass is 431 g/mol. The van der Waals surface area contributed by atoms with Crippen molar-refractivity contribution in [3.05, 3.63) is 98.7 Å². The Morgan fingerprint density at radius 1 is 1.03 bits per heavy atom. The average molecular weight is 431 g/mol. The van der Waals surface area contributed by atoms with E-state index in [-0.39, 0.29) is 22.6 Å². The molecule has 0 spiro atoms. The Morgan fingerprint density at radius 3 is 2.44 bits per heavy atom. The molecule has 0 amide bonds. The minimum Gasteiger partial charge on any atom is -0.292 e. The Balaban J connectivity index is 1.76. The molecule has 9 heteroatoms. The molecule has 0 radical (unpaired) electrons. The van der Waals surface area contributed by atoms with Crippen molar-refractivity contribution in [2.45, 2.75) is 13.5 Å². The summed E-state index contributed by atoms with van der Waals surface area (Å²) in [6.45, 7) is 1.37. The van der Waals surface area contributed by atoms with Crippen LogP contribution in [0, 0.1) is 12.7 Å². The number of halogens is 1. The first-order valence-electron chi connectivity index (χ1n) is 9.91. The highest BCUT2D eigenvalue weighted by molar-refractivity contribution is 5.96. The lowest BCUT2D eigenvalue weighted by Gasteiger charge is -2.08. The van der Waals surface area contributed by atoms with Crippen molar-refractivity contribution in [2.75, 3.05) is 0 Å². The Labute approximate surface area is 180 Å². The molecule has 0 saturated heterocycles. The van der Waals surface area contributed by atoms with E-state index in [9.17, 15) is 18.8 Å². The fourth-order valence-electron chi connectivity index (χ4n) is 3.94. The zero-order chi connectivity index (χ0) is 22.6. The number of aryl methyl sites for hydroxylation is 2. The van der Waals surface area contributed by atoms with Crippen molar-refractivity contribution < 1.29 is 9.18 Å². The van der Waals surface area contributed by atoms with Crippen molar-refractivity contribution in [3.8, 4) is 5.69 Å². The Hall–Kier alpha value is -4.27. The van der Waals surface area contributed by atoms with Gasteiger partial charge in [0.05, 0.1) is 12.2 Å². The second-order valence-corrected chi connectivity index (χ2v) is 7.53. The maximum atomic E-state index is 14.5. The van der Waals surface area contributed by atoms with Gasteiger partial charge in [0.25, 0.3) is 5.56 Å². The van der Waals surface area contributed by atoms with E-state index in [1.807, 2.05) is 0 Å². The first-order valence-corrected chi connectivity index (χ1v) is 9.91. The van der Waals surface area contributed by atoms with Crippen LogP contribution in [0.2, 0.25) is 0 Å². The molecule has 0 N–H and O–H groups in total. The van der Waals surface area contributed by atoms with Gasteiger partial charge in [-0.25, -0.2) is 9.18 Å². The van der Waals surface area contributed by atoms with Gasteiger partial charge in [0.2, 0.25) is 5.78 Å². The van der Waals surface area contributed by atoms with Crippen molar-refractivity contribution in [2.24, 2.45) is 7.05 Å². The van der Waals surface area contributed by atoms with Gasteiger partial charge in [-0.15, -0.1) is 0 Å². The Morgan fingerprint density at radius 2 is 1.72 bits per heavy atom. The van der Waals surface area contributed by atoms with Crippen LogP contribution >= 0.6 is 0 Å². The summed E-state index contributed by atoms with van der Waals surface area (Å²) in [5.41, 5.74) is 0.345. The Kier molecular flexibility index (Phi) is 4.40. The van der Waals surface area contributed by atoms with E-state index in [4.69, 9.17) is 0 Å². The summed E-state index contributed by atoms with van der Waals surface area (Å²) >= 11 is 0. The number of para-hydroxylation sites is 1. The van der Waals surface area contributed by atoms with Crippen molar-refractivity contribution >= 4 is 22.7 Å². The summed E-state index contributed by atoms with van der Waals surface area (Å²) in [7, 11) is 1.49. The molecule has 0 saturated carbocycles. The lowest BCUT2D eigenvalue weighted by molar-refractivity contribution is 0.0969. The van der Waals surface area contributed by atoms with Gasteiger partial charge in [-0.2, -0.15) is 4.98 Å². The molecule has 0 unspecified atom stereocenters. The highest BCUT2D eigenvalue weighted by Gasteiger charge is 2.22. The summed E-state index contributed by atoms with van der Waals surface area (Å²) < 4.78 is 19.7. The molecule has 2 aromatic carbocycles. The van der Waals surface area contributed by atoms with Crippen LogP contribution in [-0.4, -0.2) is 28.9 Å². The number of fused-ring (bicyclic) bond motifs is 3. The predicted molar refractivity (Wildman–Crippen MR) is 117 cm³/mol. The fourth-order valence-corrected chi connectivity index (χ4v) is 3.94. The van der Waals surface area contributed by atoms with Gasteiger partial charge in [0, 0.05) is 24.5 Å². The van der Waals surface area contributed by atoms with Gasteiger partial charge in [-0.05, 0) is 19.1 Å². The zero-order valence-electron chi connectivity index (χ0n) is 17.3. The van der Waals surface area contributed by atoms with Crippen LogP contribution in [0.25, 0.3) is 22.6 Å². The predicted octanol–water partition coefficient (Wildman–Crippen LogP) is 2.47. The van der Waals surface area contributed by atoms with E-state index in [2.05, 4.69) is 4.98 Å². The van der Waals surface area contributed by atoms with Crippen LogP contribution in [0.15, 0.2) is 70.4 Å². The third kappa shape index (κ3) is 2.82. The van der Waals surface area contributed by atoms with Crippen LogP contribution < -0.4 is 11.2 Å². The first-order chi connectivity index (χ1) is 15.4. The van der Waals surface area contributed by atoms with E-state index in [1.54, 1.807) is 66.2 Å². The number of Topliss-reactive ketones (excluding diaryl/α,β-unsaturated/α-hetero) is 1. The number of hydrogen-bond donors (Lipinski definition) is 0. The van der Waals surface area contributed by atoms with Crippen LogP contribution in [-0.2, 0) is 13.6 Å². The van der Waals surface area contributed by atoms with Crippen LogP contribution in [0.1, 0.15) is 16.1 Å².